The zero-order chi connectivity index (χ0) is 22.0. The number of hydrogen-bond acceptors (Lipinski definition) is 4. The van der Waals surface area contributed by atoms with E-state index in [0.717, 1.165) is 23.0 Å². The van der Waals surface area contributed by atoms with Crippen LogP contribution >= 0.6 is 0 Å². The van der Waals surface area contributed by atoms with E-state index >= 15 is 0 Å². The van der Waals surface area contributed by atoms with Gasteiger partial charge in [-0.3, -0.25) is 9.59 Å². The molecule has 31 heavy (non-hydrogen) atoms. The lowest BCUT2D eigenvalue weighted by atomic mass is 10.0. The van der Waals surface area contributed by atoms with Gasteiger partial charge in [-0.25, -0.2) is 4.68 Å². The lowest BCUT2D eigenvalue weighted by Crippen LogP contribution is -2.40. The second-order valence-electron chi connectivity index (χ2n) is 8.38. The Morgan fingerprint density at radius 1 is 1.13 bits per heavy atom. The third-order valence-electron chi connectivity index (χ3n) is 5.50. The van der Waals surface area contributed by atoms with Crippen LogP contribution in [0.5, 0.6) is 0 Å². The highest BCUT2D eigenvalue weighted by Gasteiger charge is 2.23. The van der Waals surface area contributed by atoms with Gasteiger partial charge in [0.1, 0.15) is 5.52 Å². The molecule has 1 unspecified atom stereocenters. The Balaban J connectivity index is 1.60. The van der Waals surface area contributed by atoms with Crippen LogP contribution in [0.25, 0.3) is 21.8 Å². The summed E-state index contributed by atoms with van der Waals surface area (Å²) in [5, 5.41) is 9.69. The quantitative estimate of drug-likeness (QED) is 0.490. The van der Waals surface area contributed by atoms with E-state index in [0.29, 0.717) is 16.8 Å². The molecular weight excluding hydrogens is 390 g/mol. The molecule has 7 heteroatoms. The van der Waals surface area contributed by atoms with Crippen molar-refractivity contribution in [3.63, 3.8) is 0 Å². The second kappa shape index (κ2) is 8.71. The number of carbonyl (C=O) groups excluding carboxylic acids is 1. The summed E-state index contributed by atoms with van der Waals surface area (Å²) in [6.45, 7) is 6.56. The van der Waals surface area contributed by atoms with Crippen molar-refractivity contribution in [2.75, 3.05) is 4.90 Å². The first-order chi connectivity index (χ1) is 14.9. The molecule has 0 aliphatic carbocycles. The number of amides is 1. The average Bonchev–Trinajstić information content (AvgIpc) is 3.21. The number of hydrogen-bond donors (Lipinski definition) is 1. The van der Waals surface area contributed by atoms with Gasteiger partial charge in [-0.2, -0.15) is 0 Å². The van der Waals surface area contributed by atoms with E-state index in [1.54, 1.807) is 18.2 Å². The number of rotatable bonds is 7. The maximum absolute atomic E-state index is 13.3. The van der Waals surface area contributed by atoms with Gasteiger partial charge in [0.25, 0.3) is 5.56 Å². The van der Waals surface area contributed by atoms with Gasteiger partial charge in [0.15, 0.2) is 0 Å². The number of benzene rings is 2. The standard InChI is InChI=1S/C24H27N5O2/c1-16(2)14-17(3)29(19-8-9-21-18(15-19)10-12-25-21)23(30)11-13-28-24(31)20-6-4-5-7-22(20)26-27-28/h4-10,12,15-17,25H,11,13-14H2,1-3H3. The fourth-order valence-electron chi connectivity index (χ4n) is 4.11. The fraction of sp³-hybridized carbons (Fsp3) is 0.333. The minimum absolute atomic E-state index is 0.0308. The zero-order valence-electron chi connectivity index (χ0n) is 18.1. The Morgan fingerprint density at radius 3 is 2.74 bits per heavy atom. The lowest BCUT2D eigenvalue weighted by Gasteiger charge is -2.31. The van der Waals surface area contributed by atoms with Crippen molar-refractivity contribution in [2.24, 2.45) is 5.92 Å². The first-order valence-electron chi connectivity index (χ1n) is 10.7. The van der Waals surface area contributed by atoms with Crippen LogP contribution in [0.15, 0.2) is 59.5 Å². The predicted molar refractivity (Wildman–Crippen MR) is 123 cm³/mol. The number of anilines is 1. The molecule has 0 aliphatic heterocycles. The minimum atomic E-state index is -0.228. The Bertz CT molecular complexity index is 1270. The number of carbonyl (C=O) groups is 1. The molecule has 0 saturated heterocycles. The number of aromatic amines is 1. The van der Waals surface area contributed by atoms with Gasteiger partial charge < -0.3 is 9.88 Å². The maximum Gasteiger partial charge on any atom is 0.277 e. The van der Waals surface area contributed by atoms with Gasteiger partial charge in [-0.15, -0.1) is 5.10 Å². The van der Waals surface area contributed by atoms with Crippen molar-refractivity contribution in [2.45, 2.75) is 46.2 Å². The van der Waals surface area contributed by atoms with Crippen LogP contribution < -0.4 is 10.5 Å². The topological polar surface area (TPSA) is 83.9 Å². The first-order valence-corrected chi connectivity index (χ1v) is 10.7. The van der Waals surface area contributed by atoms with E-state index < -0.39 is 0 Å². The van der Waals surface area contributed by atoms with Gasteiger partial charge in [-0.1, -0.05) is 31.2 Å². The van der Waals surface area contributed by atoms with E-state index in [9.17, 15) is 9.59 Å². The molecule has 2 heterocycles. The molecule has 1 N–H and O–H groups in total. The number of aromatic nitrogens is 4. The number of fused-ring (bicyclic) bond motifs is 2. The largest absolute Gasteiger partial charge is 0.361 e. The highest BCUT2D eigenvalue weighted by atomic mass is 16.2. The molecule has 0 radical (unpaired) electrons. The van der Waals surface area contributed by atoms with Crippen LogP contribution in [0.4, 0.5) is 5.69 Å². The van der Waals surface area contributed by atoms with E-state index in [1.165, 1.54) is 4.68 Å². The summed E-state index contributed by atoms with van der Waals surface area (Å²) in [4.78, 5) is 31.1. The molecule has 0 aliphatic rings. The van der Waals surface area contributed by atoms with Gasteiger partial charge in [0.2, 0.25) is 5.91 Å². The summed E-state index contributed by atoms with van der Waals surface area (Å²) in [5.41, 5.74) is 2.23. The van der Waals surface area contributed by atoms with Crippen molar-refractivity contribution in [3.05, 3.63) is 65.1 Å². The molecule has 0 fully saturated rings. The third kappa shape index (κ3) is 4.35. The normalized spacial score (nSPS) is 12.5. The molecule has 0 saturated carbocycles. The van der Waals surface area contributed by atoms with Crippen LogP contribution in [-0.2, 0) is 11.3 Å². The summed E-state index contributed by atoms with van der Waals surface area (Å²) in [5.74, 6) is 0.417. The molecule has 0 bridgehead atoms. The van der Waals surface area contributed by atoms with Crippen molar-refractivity contribution >= 4 is 33.4 Å². The van der Waals surface area contributed by atoms with Crippen LogP contribution in [0.3, 0.4) is 0 Å². The number of nitrogens with zero attached hydrogens (tertiary/aromatic N) is 4. The number of nitrogens with one attached hydrogen (secondary N) is 1. The molecule has 7 nitrogen and oxygen atoms in total. The summed E-state index contributed by atoms with van der Waals surface area (Å²) < 4.78 is 1.28. The third-order valence-corrected chi connectivity index (χ3v) is 5.50. The molecular formula is C24H27N5O2. The first kappa shape index (κ1) is 20.8. The summed E-state index contributed by atoms with van der Waals surface area (Å²) in [6.07, 6.45) is 2.94. The van der Waals surface area contributed by atoms with Crippen molar-refractivity contribution in [3.8, 4) is 0 Å². The van der Waals surface area contributed by atoms with Gasteiger partial charge >= 0.3 is 0 Å². The molecule has 1 atom stereocenters. The predicted octanol–water partition coefficient (Wildman–Crippen LogP) is 4.13. The van der Waals surface area contributed by atoms with Gasteiger partial charge in [0.05, 0.1) is 11.9 Å². The molecule has 2 aromatic carbocycles. The van der Waals surface area contributed by atoms with Crippen molar-refractivity contribution in [1.29, 1.82) is 0 Å². The van der Waals surface area contributed by atoms with Crippen LogP contribution in [0.2, 0.25) is 0 Å². The van der Waals surface area contributed by atoms with E-state index in [1.807, 2.05) is 41.4 Å². The highest BCUT2D eigenvalue weighted by Crippen LogP contribution is 2.26. The number of H-pyrrole nitrogens is 1. The van der Waals surface area contributed by atoms with Crippen LogP contribution in [-0.4, -0.2) is 31.9 Å². The average molecular weight is 418 g/mol. The Hall–Kier alpha value is -3.48. The molecule has 2 aromatic heterocycles. The van der Waals surface area contributed by atoms with Crippen molar-refractivity contribution < 1.29 is 4.79 Å². The van der Waals surface area contributed by atoms with Crippen LogP contribution in [0, 0.1) is 5.92 Å². The molecule has 4 rings (SSSR count). The smallest absolute Gasteiger partial charge is 0.277 e. The fourth-order valence-corrected chi connectivity index (χ4v) is 4.11. The lowest BCUT2D eigenvalue weighted by molar-refractivity contribution is -0.119. The molecule has 1 amide bonds. The van der Waals surface area contributed by atoms with E-state index in [4.69, 9.17) is 0 Å². The maximum atomic E-state index is 13.3. The minimum Gasteiger partial charge on any atom is -0.361 e. The zero-order valence-corrected chi connectivity index (χ0v) is 18.1. The van der Waals surface area contributed by atoms with E-state index in [-0.39, 0.29) is 30.5 Å². The summed E-state index contributed by atoms with van der Waals surface area (Å²) in [7, 11) is 0. The summed E-state index contributed by atoms with van der Waals surface area (Å²) in [6, 6.07) is 15.1. The van der Waals surface area contributed by atoms with E-state index in [2.05, 4.69) is 36.1 Å². The number of aryl methyl sites for hydroxylation is 1. The monoisotopic (exact) mass is 417 g/mol. The second-order valence-corrected chi connectivity index (χ2v) is 8.38. The van der Waals surface area contributed by atoms with Crippen molar-refractivity contribution in [1.82, 2.24) is 20.0 Å². The molecule has 0 spiro atoms. The van der Waals surface area contributed by atoms with Crippen LogP contribution in [0.1, 0.15) is 33.6 Å². The summed E-state index contributed by atoms with van der Waals surface area (Å²) >= 11 is 0. The SMILES string of the molecule is CC(C)CC(C)N(C(=O)CCn1nnc2ccccc2c1=O)c1ccc2[nH]ccc2c1. The Morgan fingerprint density at radius 2 is 1.94 bits per heavy atom. The van der Waals surface area contributed by atoms with Gasteiger partial charge in [-0.05, 0) is 55.7 Å². The Labute approximate surface area is 180 Å². The highest BCUT2D eigenvalue weighted by molar-refractivity contribution is 5.96. The Kier molecular flexibility index (Phi) is 5.84. The molecule has 4 aromatic rings. The van der Waals surface area contributed by atoms with Gasteiger partial charge in [0, 0.05) is 35.2 Å². The molecule has 160 valence electrons.